The molecule has 678 valence electrons. The van der Waals surface area contributed by atoms with E-state index in [0.29, 0.717) is 0 Å². The quantitative estimate of drug-likeness (QED) is 0.166. The van der Waals surface area contributed by atoms with E-state index in [1.165, 1.54) is 244 Å². The second-order valence-corrected chi connectivity index (χ2v) is 39.5. The van der Waals surface area contributed by atoms with Gasteiger partial charge in [0.25, 0.3) is 0 Å². The van der Waals surface area contributed by atoms with E-state index >= 15 is 0 Å². The number of rotatable bonds is 6. The van der Waals surface area contributed by atoms with Gasteiger partial charge in [-0.25, -0.2) is 9.97 Å². The third-order valence-corrected chi connectivity index (χ3v) is 32.4. The first kappa shape index (κ1) is 78.8. The van der Waals surface area contributed by atoms with Crippen LogP contribution < -0.4 is 0 Å². The number of para-hydroxylation sites is 9. The smallest absolute Gasteiger partial charge is 0.145 e. The Morgan fingerprint density at radius 1 is 0.136 bits per heavy atom. The lowest BCUT2D eigenvalue weighted by molar-refractivity contribution is 1.11. The largest absolute Gasteiger partial charge is 0.309 e. The van der Waals surface area contributed by atoms with Crippen LogP contribution in [0.3, 0.4) is 0 Å². The van der Waals surface area contributed by atoms with Crippen LogP contribution in [0.2, 0.25) is 0 Å². The van der Waals surface area contributed by atoms with E-state index in [4.69, 9.17) is 9.97 Å². The Hall–Kier alpha value is -20.0. The second-order valence-electron chi connectivity index (χ2n) is 39.5. The van der Waals surface area contributed by atoms with Gasteiger partial charge >= 0.3 is 0 Å². The van der Waals surface area contributed by atoms with E-state index in [0.717, 1.165) is 67.4 Å². The number of hydrogen-bond donors (Lipinski definition) is 0. The van der Waals surface area contributed by atoms with Crippen LogP contribution in [-0.4, -0.2) is 55.6 Å². The van der Waals surface area contributed by atoms with Crippen molar-refractivity contribution in [2.24, 2.45) is 0 Å². The van der Waals surface area contributed by atoms with E-state index in [1.54, 1.807) is 0 Å². The molecule has 0 unspecified atom stereocenters. The van der Waals surface area contributed by atoms with Crippen molar-refractivity contribution in [2.75, 3.05) is 0 Å². The molecule has 0 aliphatic carbocycles. The van der Waals surface area contributed by atoms with Crippen molar-refractivity contribution in [3.63, 3.8) is 0 Å². The molecule has 0 aliphatic rings. The molecule has 0 saturated carbocycles. The first-order valence-electron chi connectivity index (χ1n) is 50.4. The van der Waals surface area contributed by atoms with Gasteiger partial charge in [-0.3, -0.25) is 14.1 Å². The molecule has 12 nitrogen and oxygen atoms in total. The van der Waals surface area contributed by atoms with Crippen molar-refractivity contribution >= 4 is 278 Å². The van der Waals surface area contributed by atoms with Crippen LogP contribution in [-0.2, 0) is 0 Å². The van der Waals surface area contributed by atoms with Gasteiger partial charge in [0, 0.05) is 198 Å². The van der Waals surface area contributed by atoms with Gasteiger partial charge in [0.05, 0.1) is 111 Å². The van der Waals surface area contributed by atoms with Gasteiger partial charge in [-0.1, -0.05) is 279 Å². The van der Waals surface area contributed by atoms with E-state index < -0.39 is 0 Å². The monoisotopic (exact) mass is 1870 g/mol. The first-order chi connectivity index (χ1) is 73.0. The highest BCUT2D eigenvalue weighted by molar-refractivity contribution is 6.42. The molecule has 0 saturated heterocycles. The van der Waals surface area contributed by atoms with Gasteiger partial charge in [-0.05, 0) is 186 Å². The van der Waals surface area contributed by atoms with Gasteiger partial charge in [-0.2, -0.15) is 0 Å². The highest BCUT2D eigenvalue weighted by Crippen LogP contribution is 2.54. The second kappa shape index (κ2) is 29.4. The highest BCUT2D eigenvalue weighted by Gasteiger charge is 2.32. The average Bonchev–Trinajstić information content (AvgIpc) is 1.51. The van der Waals surface area contributed by atoms with Crippen LogP contribution in [0, 0.1) is 0 Å². The lowest BCUT2D eigenvalue weighted by Gasteiger charge is -2.12. The molecule has 0 bridgehead atoms. The third kappa shape index (κ3) is 10.5. The molecule has 36 rings (SSSR count). The summed E-state index contributed by atoms with van der Waals surface area (Å²) in [6, 6.07) is 164. The SMILES string of the molecule is c1cc(-n2c3ccccc3c3c4c5ccc6ccccc6c5n5c6ccccc6c(cc32)c45)cc(-n2c3ccccc3c3cccnc32)c1.c1ccc2c(c1)ccc1c3c4c5ccccc5n(-c5ccc(-n6c7ccccc7c7cccnc76)cc5)c4cc4c5ccccc5n(c21)c43.c1ccc2c(c1)ccc1c3c4c5ccccc5n(-c5ccc(-n6c7ccccc7c7ccncc76)cc5)c4cc4c5ccccc5n(c21)c43. The molecule has 0 N–H and O–H groups in total. The Balaban J connectivity index is 0.0000000945. The minimum Gasteiger partial charge on any atom is -0.309 e. The first-order valence-corrected chi connectivity index (χ1v) is 50.4. The maximum Gasteiger partial charge on any atom is 0.145 e. The van der Waals surface area contributed by atoms with E-state index in [2.05, 4.69) is 482 Å². The predicted octanol–water partition coefficient (Wildman–Crippen LogP) is 34.7. The van der Waals surface area contributed by atoms with Gasteiger partial charge in [-0.15, -0.1) is 0 Å². The molecule has 21 aromatic carbocycles. The van der Waals surface area contributed by atoms with Gasteiger partial charge in [0.2, 0.25) is 0 Å². The van der Waals surface area contributed by atoms with Gasteiger partial charge in [0.1, 0.15) is 11.3 Å². The molecule has 0 amide bonds. The minimum absolute atomic E-state index is 0.967. The van der Waals surface area contributed by atoms with E-state index in [-0.39, 0.29) is 0 Å². The molecule has 0 aliphatic heterocycles. The minimum atomic E-state index is 0.967. The number of benzene rings is 21. The van der Waals surface area contributed by atoms with Crippen LogP contribution in [0.4, 0.5) is 0 Å². The van der Waals surface area contributed by atoms with Crippen LogP contribution in [0.5, 0.6) is 0 Å². The summed E-state index contributed by atoms with van der Waals surface area (Å²) in [5, 5.41) is 38.1. The van der Waals surface area contributed by atoms with Crippen molar-refractivity contribution in [1.29, 1.82) is 0 Å². The molecular formula is C135H78N12. The van der Waals surface area contributed by atoms with Crippen LogP contribution in [0.25, 0.3) is 312 Å². The fourth-order valence-electron chi connectivity index (χ4n) is 26.6. The zero-order valence-corrected chi connectivity index (χ0v) is 78.9. The lowest BCUT2D eigenvalue weighted by atomic mass is 10.00. The molecule has 15 heterocycles. The molecular weight excluding hydrogens is 1790 g/mol. The third-order valence-electron chi connectivity index (χ3n) is 32.4. The lowest BCUT2D eigenvalue weighted by Crippen LogP contribution is -1.99. The number of fused-ring (bicyclic) bond motifs is 45. The van der Waals surface area contributed by atoms with E-state index in [9.17, 15) is 0 Å². The summed E-state index contributed by atoms with van der Waals surface area (Å²) in [4.78, 5) is 14.2. The normalized spacial score (nSPS) is 12.5. The Bertz CT molecular complexity index is 11500. The van der Waals surface area contributed by atoms with Crippen molar-refractivity contribution in [3.8, 4) is 34.1 Å². The Morgan fingerprint density at radius 2 is 0.401 bits per heavy atom. The zero-order chi connectivity index (χ0) is 95.4. The standard InChI is InChI=1S/3C45H26N4/c1-2-14-30-27(11-1)22-23-35-42-41-34-17-5-8-21-39(34)47(40(41)26-36-32-16-4-7-20-38(32)49(43(30)35)44(36)42)28-12-9-13-29(25-28)48-37-19-6-3-15-31(37)33-18-10-24-46-45(33)48;1-2-11-30-27(10-1)19-24-35-42-41-34-14-5-8-18-39(34)47(40(41)26-36-32-13-4-7-17-38(32)49(43(30)35)44(36)42)28-20-22-29(23-21-28)48-37-16-6-3-12-31(37)33-15-9-25-46-45(33)48;1-2-10-30-27(9-1)17-22-35-43-42-34-13-5-8-16-39(34)47(40(42)25-36-32-12-4-7-15-38(32)49(44(30)35)45(36)43)28-18-20-29(21-19-28)48-37-14-6-3-11-31(37)33-23-24-46-26-41(33)48/h3*1-26H. The van der Waals surface area contributed by atoms with Crippen molar-refractivity contribution < 1.29 is 0 Å². The fraction of sp³-hybridized carbons (Fsp3) is 0. The Kier molecular flexibility index (Phi) is 15.7. The maximum absolute atomic E-state index is 4.87. The zero-order valence-electron chi connectivity index (χ0n) is 78.9. The van der Waals surface area contributed by atoms with Crippen LogP contribution >= 0.6 is 0 Å². The number of hydrogen-bond acceptors (Lipinski definition) is 3. The number of nitrogens with zero attached hydrogens (tertiary/aromatic N) is 12. The van der Waals surface area contributed by atoms with Crippen molar-refractivity contribution in [2.45, 2.75) is 0 Å². The molecule has 15 aromatic heterocycles. The summed E-state index contributed by atoms with van der Waals surface area (Å²) in [5.41, 5.74) is 32.0. The van der Waals surface area contributed by atoms with E-state index in [1.807, 2.05) is 36.9 Å². The summed E-state index contributed by atoms with van der Waals surface area (Å²) >= 11 is 0. The molecule has 36 aromatic rings. The molecule has 0 atom stereocenters. The van der Waals surface area contributed by atoms with Gasteiger partial charge < -0.3 is 31.5 Å². The topological polar surface area (TPSA) is 81.5 Å². The van der Waals surface area contributed by atoms with Crippen molar-refractivity contribution in [1.82, 2.24) is 55.6 Å². The molecule has 147 heavy (non-hydrogen) atoms. The maximum atomic E-state index is 4.87. The molecule has 12 heteroatoms. The predicted molar refractivity (Wildman–Crippen MR) is 615 cm³/mol. The average molecular weight is 1870 g/mol. The van der Waals surface area contributed by atoms with Crippen LogP contribution in [0.1, 0.15) is 0 Å². The van der Waals surface area contributed by atoms with Crippen LogP contribution in [0.15, 0.2) is 474 Å². The summed E-state index contributed by atoms with van der Waals surface area (Å²) in [5.74, 6) is 0. The number of aromatic nitrogens is 12. The van der Waals surface area contributed by atoms with Crippen molar-refractivity contribution in [3.05, 3.63) is 474 Å². The number of pyridine rings is 3. The molecule has 0 spiro atoms. The summed E-state index contributed by atoms with van der Waals surface area (Å²) in [6.07, 6.45) is 7.63. The summed E-state index contributed by atoms with van der Waals surface area (Å²) < 4.78 is 21.9. The summed E-state index contributed by atoms with van der Waals surface area (Å²) in [6.45, 7) is 0. The molecule has 0 radical (unpaired) electrons. The Labute approximate surface area is 835 Å². The summed E-state index contributed by atoms with van der Waals surface area (Å²) in [7, 11) is 0. The fourth-order valence-corrected chi connectivity index (χ4v) is 26.6. The Morgan fingerprint density at radius 3 is 0.776 bits per heavy atom. The highest BCUT2D eigenvalue weighted by atomic mass is 15.1. The van der Waals surface area contributed by atoms with Gasteiger partial charge in [0.15, 0.2) is 0 Å². The molecule has 0 fully saturated rings.